The van der Waals surface area contributed by atoms with E-state index in [1.54, 1.807) is 0 Å². The number of piperidine rings is 1. The summed E-state index contributed by atoms with van der Waals surface area (Å²) in [6.45, 7) is 5.52. The Hall–Kier alpha value is -1.62. The molecular formula is C13H20N4O. The second-order valence-corrected chi connectivity index (χ2v) is 5.05. The first-order valence-corrected chi connectivity index (χ1v) is 6.23. The fraction of sp³-hybridized carbons (Fsp3) is 0.538. The Labute approximate surface area is 107 Å². The Bertz CT molecular complexity index is 460. The molecule has 5 nitrogen and oxygen atoms in total. The van der Waals surface area contributed by atoms with E-state index in [9.17, 15) is 5.11 Å². The molecule has 5 heteroatoms. The van der Waals surface area contributed by atoms with Crippen LogP contribution in [0.3, 0.4) is 0 Å². The zero-order valence-corrected chi connectivity index (χ0v) is 10.8. The lowest BCUT2D eigenvalue weighted by molar-refractivity contribution is 0.0969. The minimum Gasteiger partial charge on any atom is -0.393 e. The number of nitrogens with one attached hydrogen (secondary N) is 1. The van der Waals surface area contributed by atoms with Crippen molar-refractivity contribution in [2.45, 2.75) is 26.4 Å². The van der Waals surface area contributed by atoms with E-state index >= 15 is 0 Å². The Morgan fingerprint density at radius 2 is 2.28 bits per heavy atom. The van der Waals surface area contributed by atoms with Gasteiger partial charge in [-0.25, -0.2) is 4.98 Å². The van der Waals surface area contributed by atoms with Gasteiger partial charge in [0.1, 0.15) is 11.7 Å². The van der Waals surface area contributed by atoms with Crippen LogP contribution >= 0.6 is 0 Å². The lowest BCUT2D eigenvalue weighted by atomic mass is 9.96. The maximum absolute atomic E-state index is 9.74. The van der Waals surface area contributed by atoms with Crippen LogP contribution in [0.5, 0.6) is 0 Å². The fourth-order valence-corrected chi connectivity index (χ4v) is 2.31. The minimum atomic E-state index is -0.224. The molecule has 0 radical (unpaired) electrons. The van der Waals surface area contributed by atoms with Gasteiger partial charge in [0.25, 0.3) is 0 Å². The molecule has 2 atom stereocenters. The standard InChI is InChI=1S/C13H20N4O/c1-8-7-17(4-3-11(8)18)12-6-10(13(14)15)5-9(2)16-12/h5-6,8,11,18H,3-4,7H2,1-2H3,(H3,14,15). The first-order chi connectivity index (χ1) is 8.47. The molecule has 0 spiro atoms. The number of nitrogens with two attached hydrogens (primary N) is 1. The van der Waals surface area contributed by atoms with E-state index < -0.39 is 0 Å². The number of rotatable bonds is 2. The van der Waals surface area contributed by atoms with Gasteiger partial charge in [-0.2, -0.15) is 0 Å². The molecule has 2 heterocycles. The maximum Gasteiger partial charge on any atom is 0.129 e. The highest BCUT2D eigenvalue weighted by atomic mass is 16.3. The predicted molar refractivity (Wildman–Crippen MR) is 72.0 cm³/mol. The number of hydrogen-bond acceptors (Lipinski definition) is 4. The molecule has 0 aromatic carbocycles. The van der Waals surface area contributed by atoms with E-state index in [1.807, 2.05) is 26.0 Å². The molecule has 2 unspecified atom stereocenters. The molecule has 2 rings (SSSR count). The molecule has 1 aliphatic heterocycles. The van der Waals surface area contributed by atoms with Gasteiger partial charge in [-0.05, 0) is 31.4 Å². The van der Waals surface area contributed by atoms with Gasteiger partial charge >= 0.3 is 0 Å². The number of pyridine rings is 1. The van der Waals surface area contributed by atoms with Crippen molar-refractivity contribution in [1.82, 2.24) is 4.98 Å². The molecule has 0 bridgehead atoms. The van der Waals surface area contributed by atoms with Crippen LogP contribution in [0.2, 0.25) is 0 Å². The van der Waals surface area contributed by atoms with Gasteiger partial charge in [0, 0.05) is 24.3 Å². The van der Waals surface area contributed by atoms with Crippen LogP contribution in [0, 0.1) is 18.3 Å². The van der Waals surface area contributed by atoms with Crippen LogP contribution in [-0.4, -0.2) is 35.1 Å². The van der Waals surface area contributed by atoms with E-state index in [0.29, 0.717) is 5.56 Å². The SMILES string of the molecule is Cc1cc(C(=N)N)cc(N2CCC(O)C(C)C2)n1. The summed E-state index contributed by atoms with van der Waals surface area (Å²) in [5.74, 6) is 1.15. The van der Waals surface area contributed by atoms with Crippen molar-refractivity contribution in [3.63, 3.8) is 0 Å². The first-order valence-electron chi connectivity index (χ1n) is 6.23. The van der Waals surface area contributed by atoms with Gasteiger partial charge in [0.15, 0.2) is 0 Å². The zero-order chi connectivity index (χ0) is 13.3. The largest absolute Gasteiger partial charge is 0.393 e. The average Bonchev–Trinajstić information content (AvgIpc) is 2.31. The van der Waals surface area contributed by atoms with Gasteiger partial charge in [0.2, 0.25) is 0 Å². The van der Waals surface area contributed by atoms with Gasteiger partial charge in [-0.15, -0.1) is 0 Å². The summed E-state index contributed by atoms with van der Waals surface area (Å²) >= 11 is 0. The van der Waals surface area contributed by atoms with Crippen LogP contribution in [0.4, 0.5) is 5.82 Å². The summed E-state index contributed by atoms with van der Waals surface area (Å²) < 4.78 is 0. The number of anilines is 1. The van der Waals surface area contributed by atoms with Crippen LogP contribution in [0.15, 0.2) is 12.1 Å². The summed E-state index contributed by atoms with van der Waals surface area (Å²) in [7, 11) is 0. The molecule has 1 saturated heterocycles. The zero-order valence-electron chi connectivity index (χ0n) is 10.8. The molecule has 18 heavy (non-hydrogen) atoms. The second-order valence-electron chi connectivity index (χ2n) is 5.05. The number of nitrogen functional groups attached to an aromatic ring is 1. The van der Waals surface area contributed by atoms with Crippen molar-refractivity contribution in [3.8, 4) is 0 Å². The topological polar surface area (TPSA) is 86.2 Å². The molecule has 0 aliphatic carbocycles. The highest BCUT2D eigenvalue weighted by Gasteiger charge is 2.25. The number of aryl methyl sites for hydroxylation is 1. The van der Waals surface area contributed by atoms with Crippen molar-refractivity contribution >= 4 is 11.7 Å². The van der Waals surface area contributed by atoms with Crippen LogP contribution in [0.1, 0.15) is 24.6 Å². The van der Waals surface area contributed by atoms with E-state index in [-0.39, 0.29) is 17.9 Å². The smallest absolute Gasteiger partial charge is 0.129 e. The number of aliphatic hydroxyl groups excluding tert-OH is 1. The Balaban J connectivity index is 2.25. The van der Waals surface area contributed by atoms with Crippen LogP contribution < -0.4 is 10.6 Å². The number of aliphatic hydroxyl groups is 1. The quantitative estimate of drug-likeness (QED) is 0.535. The van der Waals surface area contributed by atoms with E-state index in [4.69, 9.17) is 11.1 Å². The Morgan fingerprint density at radius 1 is 1.56 bits per heavy atom. The van der Waals surface area contributed by atoms with Crippen LogP contribution in [-0.2, 0) is 0 Å². The molecule has 1 aromatic rings. The summed E-state index contributed by atoms with van der Waals surface area (Å²) in [6, 6.07) is 3.66. The molecular weight excluding hydrogens is 228 g/mol. The number of nitrogens with zero attached hydrogens (tertiary/aromatic N) is 2. The van der Waals surface area contributed by atoms with Crippen molar-refractivity contribution < 1.29 is 5.11 Å². The molecule has 4 N–H and O–H groups in total. The fourth-order valence-electron chi connectivity index (χ4n) is 2.31. The van der Waals surface area contributed by atoms with Crippen LogP contribution in [0.25, 0.3) is 0 Å². The highest BCUT2D eigenvalue weighted by Crippen LogP contribution is 2.23. The van der Waals surface area contributed by atoms with Crippen molar-refractivity contribution in [2.75, 3.05) is 18.0 Å². The lowest BCUT2D eigenvalue weighted by Crippen LogP contribution is -2.42. The number of aromatic nitrogens is 1. The van der Waals surface area contributed by atoms with Gasteiger partial charge in [0.05, 0.1) is 6.10 Å². The normalized spacial score (nSPS) is 24.1. The average molecular weight is 248 g/mol. The third kappa shape index (κ3) is 2.61. The van der Waals surface area contributed by atoms with E-state index in [0.717, 1.165) is 31.0 Å². The maximum atomic E-state index is 9.74. The highest BCUT2D eigenvalue weighted by molar-refractivity contribution is 5.95. The molecule has 0 amide bonds. The first kappa shape index (κ1) is 12.8. The number of hydrogen-bond donors (Lipinski definition) is 3. The minimum absolute atomic E-state index is 0.0619. The second kappa shape index (κ2) is 4.94. The summed E-state index contributed by atoms with van der Waals surface area (Å²) in [5.41, 5.74) is 7.09. The predicted octanol–water partition coefficient (Wildman–Crippen LogP) is 0.881. The third-order valence-electron chi connectivity index (χ3n) is 3.43. The van der Waals surface area contributed by atoms with Crippen molar-refractivity contribution in [2.24, 2.45) is 11.7 Å². The third-order valence-corrected chi connectivity index (χ3v) is 3.43. The molecule has 98 valence electrons. The van der Waals surface area contributed by atoms with E-state index in [2.05, 4.69) is 9.88 Å². The Morgan fingerprint density at radius 3 is 2.89 bits per heavy atom. The molecule has 0 saturated carbocycles. The van der Waals surface area contributed by atoms with Gasteiger partial charge in [-0.1, -0.05) is 6.92 Å². The molecule has 1 fully saturated rings. The van der Waals surface area contributed by atoms with Crippen molar-refractivity contribution in [1.29, 1.82) is 5.41 Å². The van der Waals surface area contributed by atoms with E-state index in [1.165, 1.54) is 0 Å². The summed E-state index contributed by atoms with van der Waals surface area (Å²) in [4.78, 5) is 6.64. The monoisotopic (exact) mass is 248 g/mol. The van der Waals surface area contributed by atoms with Crippen molar-refractivity contribution in [3.05, 3.63) is 23.4 Å². The molecule has 1 aromatic heterocycles. The lowest BCUT2D eigenvalue weighted by Gasteiger charge is -2.35. The summed E-state index contributed by atoms with van der Waals surface area (Å²) in [5, 5.41) is 17.2. The number of amidine groups is 1. The Kier molecular flexibility index (Phi) is 3.52. The van der Waals surface area contributed by atoms with Gasteiger partial charge < -0.3 is 15.7 Å². The summed E-state index contributed by atoms with van der Waals surface area (Å²) in [6.07, 6.45) is 0.532. The molecule has 1 aliphatic rings. The van der Waals surface area contributed by atoms with Gasteiger partial charge in [-0.3, -0.25) is 5.41 Å².